The molecule has 0 bridgehead atoms. The second kappa shape index (κ2) is 22.6. The fourth-order valence-electron chi connectivity index (χ4n) is 17.2. The SMILES string of the molecule is [2H]c1c([2H])c([2H])c(-n2c3ccccc3c3ccccc32)c(-c2c([2H])c3c4c(c2[2H])c2ccccc2c2ccccc2c2cccc(-c5ccccc5)c2n4-c2c([2H])c(C(C)(C)C)c([2H])c4c2B3c2c([2H])c([2H])c(-n3c5c([2H])c([2H])c([2H])c([2H])c5c5c([2H])c([2H])c([2H])c([2H])c53)c3c5ccccc5c5ccccc5c5cccc(-c6ccccc6)c5n-4c23)c1[2H]. The summed E-state index contributed by atoms with van der Waals surface area (Å²) in [5, 5.41) is 7.18. The van der Waals surface area contributed by atoms with Crippen molar-refractivity contribution >= 4 is 153 Å². The molecule has 0 aliphatic carbocycles. The lowest BCUT2D eigenvalue weighted by Gasteiger charge is -2.38. The highest BCUT2D eigenvalue weighted by Gasteiger charge is 2.42. The van der Waals surface area contributed by atoms with Crippen LogP contribution in [0.2, 0.25) is 0 Å². The van der Waals surface area contributed by atoms with E-state index in [0.717, 1.165) is 27.1 Å². The van der Waals surface area contributed by atoms with Crippen molar-refractivity contribution in [2.24, 2.45) is 0 Å². The van der Waals surface area contributed by atoms with Gasteiger partial charge in [-0.15, -0.1) is 0 Å². The van der Waals surface area contributed by atoms with E-state index in [0.29, 0.717) is 81.8 Å². The Bertz CT molecular complexity index is 8340. The van der Waals surface area contributed by atoms with Gasteiger partial charge in [0.1, 0.15) is 0 Å². The summed E-state index contributed by atoms with van der Waals surface area (Å²) < 4.78 is 198. The van der Waals surface area contributed by atoms with E-state index in [2.05, 4.69) is 0 Å². The Balaban J connectivity index is 1.13. The Morgan fingerprint density at radius 2 is 0.676 bits per heavy atom. The van der Waals surface area contributed by atoms with Gasteiger partial charge in [-0.1, -0.05) is 318 Å². The van der Waals surface area contributed by atoms with E-state index < -0.39 is 103 Å². The molecule has 16 aromatic carbocycles. The van der Waals surface area contributed by atoms with Crippen LogP contribution < -0.4 is 16.4 Å². The van der Waals surface area contributed by atoms with Crippen LogP contribution in [0.15, 0.2) is 351 Å². The highest BCUT2D eigenvalue weighted by Crippen LogP contribution is 2.48. The first-order valence-electron chi connectivity index (χ1n) is 44.3. The fraction of sp³-hybridized carbons (Fsp3) is 0.0400. The van der Waals surface area contributed by atoms with E-state index in [4.69, 9.17) is 0 Å². The number of para-hydroxylation sites is 7. The van der Waals surface area contributed by atoms with E-state index >= 15 is 0 Å². The number of hydrogen-bond donors (Lipinski definition) is 0. The molecule has 2 aliphatic rings. The molecule has 0 fully saturated rings. The lowest BCUT2D eigenvalue weighted by atomic mass is 9.34. The predicted molar refractivity (Wildman–Crippen MR) is 449 cm³/mol. The van der Waals surface area contributed by atoms with Crippen LogP contribution in [-0.4, -0.2) is 25.0 Å². The van der Waals surface area contributed by atoms with Gasteiger partial charge in [0.05, 0.1) is 74.7 Å². The maximum atomic E-state index is 12.3. The Kier molecular flexibility index (Phi) is 9.54. The third-order valence-electron chi connectivity index (χ3n) is 21.6. The van der Waals surface area contributed by atoms with Gasteiger partial charge in [-0.2, -0.15) is 0 Å². The van der Waals surface area contributed by atoms with Crippen molar-refractivity contribution in [2.75, 3.05) is 0 Å². The molecule has 4 aromatic heterocycles. The van der Waals surface area contributed by atoms with Crippen LogP contribution >= 0.6 is 0 Å². The van der Waals surface area contributed by atoms with Crippen molar-refractivity contribution in [1.82, 2.24) is 18.3 Å². The van der Waals surface area contributed by atoms with E-state index in [9.17, 15) is 24.7 Å². The second-order valence-corrected chi connectivity index (χ2v) is 28.3. The summed E-state index contributed by atoms with van der Waals surface area (Å²) in [6.07, 6.45) is 0. The van der Waals surface area contributed by atoms with Gasteiger partial charge in [0.15, 0.2) is 0 Å². The first-order valence-corrected chi connectivity index (χ1v) is 35.3. The van der Waals surface area contributed by atoms with Crippen molar-refractivity contribution in [2.45, 2.75) is 26.2 Å². The molecular weight excluding hydrogens is 1270 g/mol. The monoisotopic (exact) mass is 1350 g/mol. The molecule has 0 atom stereocenters. The van der Waals surface area contributed by atoms with Gasteiger partial charge in [-0.25, -0.2) is 0 Å². The summed E-state index contributed by atoms with van der Waals surface area (Å²) in [6, 6.07) is 67.6. The smallest absolute Gasteiger partial charge is 0.252 e. The molecule has 0 amide bonds. The summed E-state index contributed by atoms with van der Waals surface area (Å²) in [5.41, 5.74) is 3.17. The van der Waals surface area contributed by atoms with Crippen LogP contribution in [-0.2, 0) is 5.41 Å². The first kappa shape index (κ1) is 44.2. The molecule has 5 heteroatoms. The van der Waals surface area contributed by atoms with Crippen LogP contribution in [0.1, 0.15) is 51.0 Å². The molecule has 105 heavy (non-hydrogen) atoms. The average molecular weight is 1350 g/mol. The Hall–Kier alpha value is -13.2. The summed E-state index contributed by atoms with van der Waals surface area (Å²) in [7, 11) is 0. The van der Waals surface area contributed by atoms with Gasteiger partial charge in [0, 0.05) is 76.7 Å². The van der Waals surface area contributed by atoms with Gasteiger partial charge in [0.25, 0.3) is 6.71 Å². The third kappa shape index (κ3) is 8.58. The lowest BCUT2D eigenvalue weighted by Crippen LogP contribution is -2.60. The van der Waals surface area contributed by atoms with E-state index in [1.165, 1.54) is 4.57 Å². The minimum atomic E-state index is -1.67. The molecule has 2 aliphatic heterocycles. The largest absolute Gasteiger partial charge is 0.310 e. The second-order valence-electron chi connectivity index (χ2n) is 28.3. The Labute approximate surface area is 632 Å². The summed E-state index contributed by atoms with van der Waals surface area (Å²) in [4.78, 5) is 0. The van der Waals surface area contributed by atoms with Crippen molar-refractivity contribution in [1.29, 1.82) is 0 Å². The summed E-state index contributed by atoms with van der Waals surface area (Å²) in [5.74, 6) is 0. The number of nitrogens with zero attached hydrogens (tertiary/aromatic N) is 4. The van der Waals surface area contributed by atoms with Crippen molar-refractivity contribution in [3.05, 3.63) is 357 Å². The average Bonchev–Trinajstić information content (AvgIpc) is 1.59. The van der Waals surface area contributed by atoms with Crippen molar-refractivity contribution in [3.63, 3.8) is 0 Å². The molecule has 490 valence electrons. The molecule has 0 unspecified atom stereocenters. The molecule has 20 aromatic rings. The van der Waals surface area contributed by atoms with Gasteiger partial charge < -0.3 is 18.3 Å². The van der Waals surface area contributed by atoms with Crippen LogP contribution in [0.25, 0.3) is 186 Å². The van der Waals surface area contributed by atoms with Gasteiger partial charge in [-0.05, 0) is 142 Å². The minimum Gasteiger partial charge on any atom is -0.310 e. The zero-order valence-corrected chi connectivity index (χ0v) is 57.0. The number of rotatable bonds is 5. The van der Waals surface area contributed by atoms with Crippen molar-refractivity contribution < 1.29 is 24.7 Å². The number of hydrogen-bond acceptors (Lipinski definition) is 0. The van der Waals surface area contributed by atoms with E-state index in [1.54, 1.807) is 4.57 Å². The highest BCUT2D eigenvalue weighted by molar-refractivity contribution is 7.00. The molecule has 0 spiro atoms. The summed E-state index contributed by atoms with van der Waals surface area (Å²) in [6.45, 7) is 4.18. The summed E-state index contributed by atoms with van der Waals surface area (Å²) >= 11 is 0. The molecule has 0 saturated heterocycles. The zero-order valence-electron chi connectivity index (χ0n) is 75.0. The zero-order chi connectivity index (χ0) is 85.0. The number of aromatic nitrogens is 4. The molecule has 0 radical (unpaired) electrons. The fourth-order valence-corrected chi connectivity index (χ4v) is 17.2. The number of benzene rings is 16. The number of fused-ring (bicyclic) bond motifs is 24. The van der Waals surface area contributed by atoms with E-state index in [1.807, 2.05) is 273 Å². The van der Waals surface area contributed by atoms with Crippen molar-refractivity contribution in [3.8, 4) is 56.1 Å². The standard InChI is InChI=1S/C100H67BN4/c1-100(2,3)65-60-92-95-93(61-65)105-97-68(63-32-8-5-9-33-63)48-29-50-82(97)74-40-14-11-37-71(74)72-38-16-17-46-80(72)94-91(103-89-54-26-21-44-78(89)79-45-22-27-55-90(79)103)57-56-84(99(94)105)101(95)85-59-64(66-34-18-23-51-86(66)102-87-52-24-19-42-76(87)77-43-20-25-53-88(77)102)58-83-75-41-15-12-36-70(75)69-35-10-13-39-73(69)81-49-28-47-67(62-30-6-4-7-31-62)96(81)104(92)98(83)85/h4-61H,1-3H3/i18D,21D,22D,23D,26D,27D,34D,44D,45D,51D,54D,55D,56D,57D,58D,59D,60D,61D. The van der Waals surface area contributed by atoms with Crippen LogP contribution in [0.3, 0.4) is 0 Å². The molecule has 0 saturated carbocycles. The molecule has 0 N–H and O–H groups in total. The topological polar surface area (TPSA) is 19.7 Å². The third-order valence-corrected chi connectivity index (χ3v) is 21.6. The van der Waals surface area contributed by atoms with Gasteiger partial charge in [0.2, 0.25) is 0 Å². The van der Waals surface area contributed by atoms with Gasteiger partial charge >= 0.3 is 0 Å². The highest BCUT2D eigenvalue weighted by atomic mass is 15.0. The van der Waals surface area contributed by atoms with Crippen LogP contribution in [0.4, 0.5) is 0 Å². The maximum absolute atomic E-state index is 12.3. The van der Waals surface area contributed by atoms with E-state index in [-0.39, 0.29) is 118 Å². The lowest BCUT2D eigenvalue weighted by molar-refractivity contribution is 0.589. The molecular formula is C100H67BN4. The molecule has 22 rings (SSSR count). The molecule has 6 heterocycles. The molecule has 4 nitrogen and oxygen atoms in total. The van der Waals surface area contributed by atoms with Crippen LogP contribution in [0, 0.1) is 0 Å². The maximum Gasteiger partial charge on any atom is 0.252 e. The first-order chi connectivity index (χ1) is 59.3. The Morgan fingerprint density at radius 3 is 1.21 bits per heavy atom. The van der Waals surface area contributed by atoms with Crippen LogP contribution in [0.5, 0.6) is 0 Å². The normalized spacial score (nSPS) is 14.9. The predicted octanol–water partition coefficient (Wildman–Crippen LogP) is 24.4. The Morgan fingerprint density at radius 1 is 0.257 bits per heavy atom. The quantitative estimate of drug-likeness (QED) is 0.153. The van der Waals surface area contributed by atoms with Gasteiger partial charge in [-0.3, -0.25) is 0 Å². The minimum absolute atomic E-state index is 0.00131.